The van der Waals surface area contributed by atoms with E-state index in [2.05, 4.69) is 40.4 Å². The predicted molar refractivity (Wildman–Crippen MR) is 72.5 cm³/mol. The van der Waals surface area contributed by atoms with Crippen LogP contribution in [0.4, 0.5) is 0 Å². The zero-order valence-corrected chi connectivity index (χ0v) is 9.67. The van der Waals surface area contributed by atoms with Gasteiger partial charge in [0.25, 0.3) is 0 Å². The van der Waals surface area contributed by atoms with E-state index in [1.54, 1.807) is 0 Å². The number of imidazole rings is 1. The Hall–Kier alpha value is -2.55. The molecular weight excluding hydrogens is 222 g/mol. The van der Waals surface area contributed by atoms with E-state index in [4.69, 9.17) is 0 Å². The second kappa shape index (κ2) is 3.47. The molecule has 0 radical (unpaired) electrons. The Morgan fingerprint density at radius 3 is 2.56 bits per heavy atom. The molecule has 1 N–H and O–H groups in total. The molecule has 4 aromatic rings. The first-order valence-electron chi connectivity index (χ1n) is 5.94. The summed E-state index contributed by atoms with van der Waals surface area (Å²) in [6, 6.07) is 20.5. The third-order valence-corrected chi connectivity index (χ3v) is 3.17. The molecule has 0 amide bonds. The van der Waals surface area contributed by atoms with Crippen LogP contribution in [-0.4, -0.2) is 14.6 Å². The van der Waals surface area contributed by atoms with Gasteiger partial charge in [0.1, 0.15) is 5.65 Å². The minimum absolute atomic E-state index is 0.993. The Bertz CT molecular complexity index is 825. The number of H-pyrrole nitrogens is 1. The molecule has 0 saturated carbocycles. The molecule has 0 spiro atoms. The van der Waals surface area contributed by atoms with Crippen LogP contribution in [0, 0.1) is 0 Å². The molecule has 2 aromatic heterocycles. The number of rotatable bonds is 1. The summed E-state index contributed by atoms with van der Waals surface area (Å²) in [5, 5.41) is 4.66. The minimum atomic E-state index is 0.993. The van der Waals surface area contributed by atoms with E-state index in [0.29, 0.717) is 0 Å². The summed E-state index contributed by atoms with van der Waals surface area (Å²) < 4.78 is 1.96. The van der Waals surface area contributed by atoms with Crippen molar-refractivity contribution in [1.82, 2.24) is 14.6 Å². The van der Waals surface area contributed by atoms with Gasteiger partial charge in [0, 0.05) is 11.6 Å². The summed E-state index contributed by atoms with van der Waals surface area (Å²) in [6.07, 6.45) is 0. The molecule has 2 heterocycles. The number of fused-ring (bicyclic) bond motifs is 3. The summed E-state index contributed by atoms with van der Waals surface area (Å²) in [4.78, 5) is 3.37. The van der Waals surface area contributed by atoms with Gasteiger partial charge in [0.2, 0.25) is 0 Å². The van der Waals surface area contributed by atoms with Crippen molar-refractivity contribution in [3.8, 4) is 11.3 Å². The van der Waals surface area contributed by atoms with Gasteiger partial charge in [0.15, 0.2) is 0 Å². The lowest BCUT2D eigenvalue weighted by molar-refractivity contribution is 1.01. The quantitative estimate of drug-likeness (QED) is 0.536. The SMILES string of the molecule is c1ccc(-c2cc3[nH]c4ccccc4n3n2)cc1. The molecular formula is C15H11N3. The zero-order valence-electron chi connectivity index (χ0n) is 9.67. The van der Waals surface area contributed by atoms with Crippen LogP contribution in [-0.2, 0) is 0 Å². The van der Waals surface area contributed by atoms with Crippen molar-refractivity contribution >= 4 is 16.7 Å². The monoisotopic (exact) mass is 233 g/mol. The van der Waals surface area contributed by atoms with E-state index in [9.17, 15) is 0 Å². The number of hydrogen-bond donors (Lipinski definition) is 1. The van der Waals surface area contributed by atoms with Crippen LogP contribution < -0.4 is 0 Å². The van der Waals surface area contributed by atoms with Crippen LogP contribution in [0.3, 0.4) is 0 Å². The molecule has 18 heavy (non-hydrogen) atoms. The fourth-order valence-corrected chi connectivity index (χ4v) is 2.31. The average molecular weight is 233 g/mol. The minimum Gasteiger partial charge on any atom is -0.338 e. The number of hydrogen-bond acceptors (Lipinski definition) is 1. The molecule has 2 aromatic carbocycles. The second-order valence-electron chi connectivity index (χ2n) is 4.33. The fourth-order valence-electron chi connectivity index (χ4n) is 2.31. The van der Waals surface area contributed by atoms with Gasteiger partial charge in [-0.3, -0.25) is 0 Å². The summed E-state index contributed by atoms with van der Waals surface area (Å²) in [7, 11) is 0. The Balaban J connectivity index is 2.00. The topological polar surface area (TPSA) is 33.1 Å². The highest BCUT2D eigenvalue weighted by Crippen LogP contribution is 2.22. The van der Waals surface area contributed by atoms with Crippen molar-refractivity contribution in [1.29, 1.82) is 0 Å². The fraction of sp³-hybridized carbons (Fsp3) is 0. The van der Waals surface area contributed by atoms with Crippen LogP contribution >= 0.6 is 0 Å². The number of aromatic nitrogens is 3. The molecule has 4 rings (SSSR count). The summed E-state index contributed by atoms with van der Waals surface area (Å²) in [5.74, 6) is 0. The van der Waals surface area contributed by atoms with Crippen molar-refractivity contribution in [2.75, 3.05) is 0 Å². The van der Waals surface area contributed by atoms with Crippen molar-refractivity contribution in [3.05, 3.63) is 60.7 Å². The largest absolute Gasteiger partial charge is 0.338 e. The van der Waals surface area contributed by atoms with Gasteiger partial charge in [-0.05, 0) is 12.1 Å². The van der Waals surface area contributed by atoms with Crippen LogP contribution in [0.1, 0.15) is 0 Å². The lowest BCUT2D eigenvalue weighted by Gasteiger charge is -1.94. The maximum Gasteiger partial charge on any atom is 0.134 e. The van der Waals surface area contributed by atoms with Gasteiger partial charge >= 0.3 is 0 Å². The van der Waals surface area contributed by atoms with Crippen LogP contribution in [0.5, 0.6) is 0 Å². The highest BCUT2D eigenvalue weighted by atomic mass is 15.3. The average Bonchev–Trinajstić information content (AvgIpc) is 2.97. The Kier molecular flexibility index (Phi) is 1.83. The molecule has 0 atom stereocenters. The van der Waals surface area contributed by atoms with Gasteiger partial charge < -0.3 is 4.98 Å². The van der Waals surface area contributed by atoms with Gasteiger partial charge in [0.05, 0.1) is 16.7 Å². The predicted octanol–water partition coefficient (Wildman–Crippen LogP) is 3.48. The Morgan fingerprint density at radius 1 is 0.889 bits per heavy atom. The third kappa shape index (κ3) is 1.27. The van der Waals surface area contributed by atoms with E-state index in [1.807, 2.05) is 34.8 Å². The first-order valence-corrected chi connectivity index (χ1v) is 5.94. The van der Waals surface area contributed by atoms with E-state index >= 15 is 0 Å². The van der Waals surface area contributed by atoms with Gasteiger partial charge in [-0.25, -0.2) is 4.52 Å². The standard InChI is InChI=1S/C15H11N3/c1-2-6-11(7-3-1)13-10-15-16-12-8-4-5-9-14(12)18(15)17-13/h1-10,16H. The molecule has 0 fully saturated rings. The van der Waals surface area contributed by atoms with E-state index in [0.717, 1.165) is 27.9 Å². The Labute approximate surface area is 104 Å². The number of nitrogens with zero attached hydrogens (tertiary/aromatic N) is 2. The molecule has 3 nitrogen and oxygen atoms in total. The maximum atomic E-state index is 4.66. The molecule has 0 bridgehead atoms. The lowest BCUT2D eigenvalue weighted by Crippen LogP contribution is -1.84. The van der Waals surface area contributed by atoms with Gasteiger partial charge in [-0.15, -0.1) is 0 Å². The Morgan fingerprint density at radius 2 is 1.67 bits per heavy atom. The van der Waals surface area contributed by atoms with Crippen molar-refractivity contribution in [2.24, 2.45) is 0 Å². The molecule has 3 heteroatoms. The smallest absolute Gasteiger partial charge is 0.134 e. The zero-order chi connectivity index (χ0) is 11.9. The van der Waals surface area contributed by atoms with Gasteiger partial charge in [-0.1, -0.05) is 42.5 Å². The van der Waals surface area contributed by atoms with Crippen LogP contribution in [0.25, 0.3) is 27.9 Å². The number of para-hydroxylation sites is 2. The molecule has 0 aliphatic rings. The normalized spacial score (nSPS) is 11.3. The van der Waals surface area contributed by atoms with Crippen LogP contribution in [0.2, 0.25) is 0 Å². The lowest BCUT2D eigenvalue weighted by atomic mass is 10.2. The third-order valence-electron chi connectivity index (χ3n) is 3.17. The van der Waals surface area contributed by atoms with Gasteiger partial charge in [-0.2, -0.15) is 5.10 Å². The van der Waals surface area contributed by atoms with E-state index in [-0.39, 0.29) is 0 Å². The number of aromatic amines is 1. The molecule has 86 valence electrons. The van der Waals surface area contributed by atoms with E-state index in [1.165, 1.54) is 0 Å². The molecule has 0 saturated heterocycles. The highest BCUT2D eigenvalue weighted by Gasteiger charge is 2.08. The molecule has 0 unspecified atom stereocenters. The van der Waals surface area contributed by atoms with Crippen molar-refractivity contribution in [2.45, 2.75) is 0 Å². The first-order chi connectivity index (χ1) is 8.92. The first kappa shape index (κ1) is 9.48. The summed E-state index contributed by atoms with van der Waals surface area (Å²) >= 11 is 0. The van der Waals surface area contributed by atoms with Crippen LogP contribution in [0.15, 0.2) is 60.7 Å². The number of benzene rings is 2. The van der Waals surface area contributed by atoms with Crippen molar-refractivity contribution in [3.63, 3.8) is 0 Å². The van der Waals surface area contributed by atoms with Crippen molar-refractivity contribution < 1.29 is 0 Å². The maximum absolute atomic E-state index is 4.66. The highest BCUT2D eigenvalue weighted by molar-refractivity contribution is 5.81. The molecule has 0 aliphatic heterocycles. The number of nitrogens with one attached hydrogen (secondary N) is 1. The molecule has 0 aliphatic carbocycles. The van der Waals surface area contributed by atoms with E-state index < -0.39 is 0 Å². The second-order valence-corrected chi connectivity index (χ2v) is 4.33. The summed E-state index contributed by atoms with van der Waals surface area (Å²) in [6.45, 7) is 0. The summed E-state index contributed by atoms with van der Waals surface area (Å²) in [5.41, 5.74) is 5.37.